The van der Waals surface area contributed by atoms with Gasteiger partial charge in [0, 0.05) is 19.4 Å². The molecule has 0 aliphatic carbocycles. The van der Waals surface area contributed by atoms with E-state index in [1.54, 1.807) is 0 Å². The first-order chi connectivity index (χ1) is 7.50. The standard InChI is InChI=1S/C8H10N2O6/c11-5-1-2-6(12)10(5)16-7(13)3-4-9-8(14)15/h9H,1-4H2,(H,14,15). The van der Waals surface area contributed by atoms with Gasteiger partial charge in [0.25, 0.3) is 11.8 Å². The minimum absolute atomic E-state index is 0.0273. The minimum Gasteiger partial charge on any atom is -0.465 e. The van der Waals surface area contributed by atoms with Gasteiger partial charge in [-0.25, -0.2) is 9.59 Å². The number of imide groups is 1. The molecule has 1 saturated heterocycles. The molecule has 0 bridgehead atoms. The van der Waals surface area contributed by atoms with E-state index >= 15 is 0 Å². The molecule has 0 aromatic heterocycles. The fraction of sp³-hybridized carbons (Fsp3) is 0.500. The lowest BCUT2D eigenvalue weighted by Crippen LogP contribution is -2.33. The second-order valence-electron chi connectivity index (χ2n) is 3.03. The third-order valence-electron chi connectivity index (χ3n) is 1.80. The van der Waals surface area contributed by atoms with Gasteiger partial charge in [-0.05, 0) is 0 Å². The van der Waals surface area contributed by atoms with Crippen LogP contribution < -0.4 is 5.32 Å². The Hall–Kier alpha value is -2.12. The first-order valence-electron chi connectivity index (χ1n) is 4.54. The Morgan fingerprint density at radius 2 is 1.88 bits per heavy atom. The van der Waals surface area contributed by atoms with Gasteiger partial charge in [-0.15, -0.1) is 5.06 Å². The molecular weight excluding hydrogens is 220 g/mol. The van der Waals surface area contributed by atoms with Crippen molar-refractivity contribution in [2.45, 2.75) is 19.3 Å². The Morgan fingerprint density at radius 1 is 1.31 bits per heavy atom. The average Bonchev–Trinajstić information content (AvgIpc) is 2.49. The van der Waals surface area contributed by atoms with Crippen molar-refractivity contribution in [1.29, 1.82) is 0 Å². The largest absolute Gasteiger partial charge is 0.465 e. The smallest absolute Gasteiger partial charge is 0.404 e. The Balaban J connectivity index is 2.31. The first kappa shape index (κ1) is 12.0. The van der Waals surface area contributed by atoms with Gasteiger partial charge in [-0.2, -0.15) is 0 Å². The fourth-order valence-corrected chi connectivity index (χ4v) is 1.08. The quantitative estimate of drug-likeness (QED) is 0.614. The molecule has 2 N–H and O–H groups in total. The number of hydroxylamine groups is 2. The summed E-state index contributed by atoms with van der Waals surface area (Å²) in [6.45, 7) is -0.135. The third kappa shape index (κ3) is 3.23. The van der Waals surface area contributed by atoms with Crippen LogP contribution in [-0.4, -0.2) is 40.6 Å². The normalized spacial score (nSPS) is 15.1. The molecule has 16 heavy (non-hydrogen) atoms. The van der Waals surface area contributed by atoms with E-state index in [9.17, 15) is 19.2 Å². The highest BCUT2D eigenvalue weighted by Gasteiger charge is 2.32. The van der Waals surface area contributed by atoms with Crippen LogP contribution in [0.25, 0.3) is 0 Å². The highest BCUT2D eigenvalue weighted by molar-refractivity contribution is 6.01. The summed E-state index contributed by atoms with van der Waals surface area (Å²) in [5, 5.41) is 10.6. The van der Waals surface area contributed by atoms with Crippen molar-refractivity contribution in [2.24, 2.45) is 0 Å². The van der Waals surface area contributed by atoms with E-state index in [4.69, 9.17) is 5.11 Å². The molecule has 0 unspecified atom stereocenters. The number of rotatable bonds is 4. The maximum absolute atomic E-state index is 11.1. The molecule has 0 radical (unpaired) electrons. The zero-order valence-corrected chi connectivity index (χ0v) is 8.26. The number of amides is 3. The molecule has 0 aromatic rings. The first-order valence-corrected chi connectivity index (χ1v) is 4.54. The zero-order valence-electron chi connectivity index (χ0n) is 8.26. The van der Waals surface area contributed by atoms with Crippen molar-refractivity contribution >= 4 is 23.9 Å². The van der Waals surface area contributed by atoms with Crippen molar-refractivity contribution in [2.75, 3.05) is 6.54 Å². The van der Waals surface area contributed by atoms with Crippen molar-refractivity contribution in [1.82, 2.24) is 10.4 Å². The molecule has 0 atom stereocenters. The summed E-state index contributed by atoms with van der Waals surface area (Å²) in [5.74, 6) is -1.97. The predicted octanol–water partition coefficient (Wildman–Crippen LogP) is -0.749. The van der Waals surface area contributed by atoms with E-state index in [1.165, 1.54) is 0 Å². The van der Waals surface area contributed by atoms with Gasteiger partial charge >= 0.3 is 12.1 Å². The summed E-state index contributed by atoms with van der Waals surface area (Å²) in [4.78, 5) is 47.6. The van der Waals surface area contributed by atoms with E-state index in [0.717, 1.165) is 0 Å². The highest BCUT2D eigenvalue weighted by atomic mass is 16.7. The number of nitrogens with one attached hydrogen (secondary N) is 1. The Morgan fingerprint density at radius 3 is 2.38 bits per heavy atom. The Kier molecular flexibility index (Phi) is 3.81. The molecule has 8 heteroatoms. The molecule has 1 rings (SSSR count). The minimum atomic E-state index is -1.26. The van der Waals surface area contributed by atoms with Crippen molar-refractivity contribution in [3.8, 4) is 0 Å². The van der Waals surface area contributed by atoms with E-state index in [1.807, 2.05) is 5.32 Å². The van der Waals surface area contributed by atoms with Gasteiger partial charge < -0.3 is 15.3 Å². The SMILES string of the molecule is O=C(O)NCCC(=O)ON1C(=O)CCC1=O. The summed E-state index contributed by atoms with van der Waals surface area (Å²) in [6, 6.07) is 0. The molecule has 88 valence electrons. The van der Waals surface area contributed by atoms with Crippen LogP contribution in [0.3, 0.4) is 0 Å². The molecule has 3 amide bonds. The molecule has 0 aromatic carbocycles. The average molecular weight is 230 g/mol. The van der Waals surface area contributed by atoms with Crippen LogP contribution in [0.2, 0.25) is 0 Å². The van der Waals surface area contributed by atoms with Crippen LogP contribution in [0.4, 0.5) is 4.79 Å². The molecule has 1 heterocycles. The van der Waals surface area contributed by atoms with Crippen molar-refractivity contribution in [3.05, 3.63) is 0 Å². The van der Waals surface area contributed by atoms with E-state index in [2.05, 4.69) is 4.84 Å². The number of nitrogens with zero attached hydrogens (tertiary/aromatic N) is 1. The lowest BCUT2D eigenvalue weighted by molar-refractivity contribution is -0.197. The van der Waals surface area contributed by atoms with Crippen molar-refractivity contribution in [3.63, 3.8) is 0 Å². The molecule has 1 aliphatic heterocycles. The van der Waals surface area contributed by atoms with Crippen LogP contribution >= 0.6 is 0 Å². The summed E-state index contributed by atoms with van der Waals surface area (Å²) < 4.78 is 0. The second kappa shape index (κ2) is 5.10. The second-order valence-corrected chi connectivity index (χ2v) is 3.03. The van der Waals surface area contributed by atoms with Gasteiger partial charge in [0.15, 0.2) is 0 Å². The number of carbonyl (C=O) groups is 4. The van der Waals surface area contributed by atoms with Crippen molar-refractivity contribution < 1.29 is 29.1 Å². The van der Waals surface area contributed by atoms with Crippen LogP contribution in [-0.2, 0) is 19.2 Å². The van der Waals surface area contributed by atoms with Gasteiger partial charge in [-0.3, -0.25) is 9.59 Å². The molecule has 1 aliphatic rings. The van der Waals surface area contributed by atoms with E-state index in [-0.39, 0.29) is 25.8 Å². The number of hydrogen-bond donors (Lipinski definition) is 2. The summed E-state index contributed by atoms with van der Waals surface area (Å²) in [6.07, 6.45) is -1.45. The van der Waals surface area contributed by atoms with Gasteiger partial charge in [0.2, 0.25) is 0 Å². The summed E-state index contributed by atoms with van der Waals surface area (Å²) >= 11 is 0. The predicted molar refractivity (Wildman–Crippen MR) is 47.8 cm³/mol. The van der Waals surface area contributed by atoms with E-state index in [0.29, 0.717) is 5.06 Å². The maximum Gasteiger partial charge on any atom is 0.404 e. The summed E-state index contributed by atoms with van der Waals surface area (Å²) in [7, 11) is 0. The summed E-state index contributed by atoms with van der Waals surface area (Å²) in [5.41, 5.74) is 0. The van der Waals surface area contributed by atoms with Gasteiger partial charge in [0.05, 0.1) is 6.42 Å². The fourth-order valence-electron chi connectivity index (χ4n) is 1.08. The number of carboxylic acid groups (broad SMARTS) is 1. The van der Waals surface area contributed by atoms with Crippen LogP contribution in [0.1, 0.15) is 19.3 Å². The molecular formula is C8H10N2O6. The molecule has 8 nitrogen and oxygen atoms in total. The Labute approximate surface area is 90.1 Å². The maximum atomic E-state index is 11.1. The monoisotopic (exact) mass is 230 g/mol. The van der Waals surface area contributed by atoms with Crippen LogP contribution in [0, 0.1) is 0 Å². The molecule has 0 saturated carbocycles. The van der Waals surface area contributed by atoms with Crippen LogP contribution in [0.15, 0.2) is 0 Å². The van der Waals surface area contributed by atoms with E-state index < -0.39 is 23.9 Å². The highest BCUT2D eigenvalue weighted by Crippen LogP contribution is 2.12. The topological polar surface area (TPSA) is 113 Å². The lowest BCUT2D eigenvalue weighted by Gasteiger charge is -2.12. The zero-order chi connectivity index (χ0) is 12.1. The van der Waals surface area contributed by atoms with Gasteiger partial charge in [-0.1, -0.05) is 0 Å². The lowest BCUT2D eigenvalue weighted by atomic mass is 10.4. The number of carbonyl (C=O) groups excluding carboxylic acids is 3. The molecule has 0 spiro atoms. The third-order valence-corrected chi connectivity index (χ3v) is 1.80. The van der Waals surface area contributed by atoms with Gasteiger partial charge in [0.1, 0.15) is 0 Å². The number of hydrogen-bond acceptors (Lipinski definition) is 5. The van der Waals surface area contributed by atoms with Crippen LogP contribution in [0.5, 0.6) is 0 Å². The molecule has 1 fully saturated rings. The Bertz CT molecular complexity index is 323.